The van der Waals surface area contributed by atoms with Crippen molar-refractivity contribution >= 4 is 39.9 Å². The predicted octanol–water partition coefficient (Wildman–Crippen LogP) is 3.67. The molecule has 3 aromatic rings. The molecule has 0 unspecified atom stereocenters. The molecule has 27 heavy (non-hydrogen) atoms. The summed E-state index contributed by atoms with van der Waals surface area (Å²) in [7, 11) is 0. The van der Waals surface area contributed by atoms with Gasteiger partial charge in [0, 0.05) is 16.1 Å². The fraction of sp³-hybridized carbons (Fsp3) is 0.150. The number of carbonyl (C=O) groups excluding carboxylic acids is 2. The number of fused-ring (bicyclic) bond motifs is 1. The van der Waals surface area contributed by atoms with Crippen LogP contribution >= 0.6 is 11.6 Å². The van der Waals surface area contributed by atoms with Crippen LogP contribution in [0.25, 0.3) is 10.8 Å². The average molecular weight is 385 g/mol. The molecule has 6 nitrogen and oxygen atoms in total. The molecule has 2 N–H and O–H groups in total. The molecule has 0 aliphatic heterocycles. The van der Waals surface area contributed by atoms with E-state index in [9.17, 15) is 14.4 Å². The molecule has 2 aromatic carbocycles. The minimum absolute atomic E-state index is 0.0164. The number of esters is 1. The fourth-order valence-corrected chi connectivity index (χ4v) is 2.75. The Bertz CT molecular complexity index is 1090. The largest absolute Gasteiger partial charge is 0.448 e. The molecular weight excluding hydrogens is 368 g/mol. The van der Waals surface area contributed by atoms with Crippen LogP contribution in [0.15, 0.2) is 53.3 Å². The highest BCUT2D eigenvalue weighted by atomic mass is 35.5. The number of hydrogen-bond donors (Lipinski definition) is 2. The van der Waals surface area contributed by atoms with Gasteiger partial charge < -0.3 is 15.0 Å². The summed E-state index contributed by atoms with van der Waals surface area (Å²) in [5.74, 6) is -1.29. The molecule has 0 fully saturated rings. The Morgan fingerprint density at radius 1 is 1.15 bits per heavy atom. The molecule has 138 valence electrons. The maximum absolute atomic E-state index is 12.3. The van der Waals surface area contributed by atoms with Gasteiger partial charge in [-0.15, -0.1) is 0 Å². The molecule has 0 aliphatic rings. The van der Waals surface area contributed by atoms with Gasteiger partial charge in [0.2, 0.25) is 0 Å². The number of carbonyl (C=O) groups is 2. The van der Waals surface area contributed by atoms with Crippen LogP contribution in [0.3, 0.4) is 0 Å². The average Bonchev–Trinajstić information content (AvgIpc) is 2.65. The molecule has 0 bridgehead atoms. The van der Waals surface area contributed by atoms with Crippen molar-refractivity contribution in [3.63, 3.8) is 0 Å². The van der Waals surface area contributed by atoms with Gasteiger partial charge in [-0.05, 0) is 49.1 Å². The molecule has 7 heteroatoms. The zero-order valence-corrected chi connectivity index (χ0v) is 15.5. The summed E-state index contributed by atoms with van der Waals surface area (Å²) < 4.78 is 5.19. The highest BCUT2D eigenvalue weighted by Crippen LogP contribution is 2.23. The monoisotopic (exact) mass is 384 g/mol. The molecule has 0 saturated heterocycles. The molecule has 1 atom stereocenters. The van der Waals surface area contributed by atoms with Gasteiger partial charge in [-0.25, -0.2) is 4.79 Å². The first kappa shape index (κ1) is 18.7. The standard InChI is InChI=1S/C20H17ClN2O4/c1-11-15(21)8-5-9-16(11)22-18(24)12(2)27-20(26)17-10-13-6-3-4-7-14(13)19(25)23-17/h3-10,12H,1-2H3,(H,22,24)(H,23,25)/t12-/m1/s1. The number of aromatic nitrogens is 1. The Labute approximate surface area is 160 Å². The molecule has 1 heterocycles. The summed E-state index contributed by atoms with van der Waals surface area (Å²) >= 11 is 6.03. The van der Waals surface area contributed by atoms with Crippen molar-refractivity contribution in [2.45, 2.75) is 20.0 Å². The Morgan fingerprint density at radius 3 is 2.67 bits per heavy atom. The van der Waals surface area contributed by atoms with E-state index in [0.29, 0.717) is 27.0 Å². The van der Waals surface area contributed by atoms with E-state index in [1.54, 1.807) is 49.4 Å². The second-order valence-corrected chi connectivity index (χ2v) is 6.46. The zero-order valence-electron chi connectivity index (χ0n) is 14.7. The van der Waals surface area contributed by atoms with Crippen LogP contribution in [0.4, 0.5) is 5.69 Å². The fourth-order valence-electron chi connectivity index (χ4n) is 2.58. The topological polar surface area (TPSA) is 88.3 Å². The number of benzene rings is 2. The normalized spacial score (nSPS) is 11.8. The maximum atomic E-state index is 12.3. The highest BCUT2D eigenvalue weighted by Gasteiger charge is 2.21. The molecule has 0 aliphatic carbocycles. The number of H-pyrrole nitrogens is 1. The molecule has 3 rings (SSSR count). The second-order valence-electron chi connectivity index (χ2n) is 6.05. The van der Waals surface area contributed by atoms with Crippen LogP contribution in [0.5, 0.6) is 0 Å². The van der Waals surface area contributed by atoms with Crippen molar-refractivity contribution in [3.05, 3.63) is 75.2 Å². The maximum Gasteiger partial charge on any atom is 0.355 e. The summed E-state index contributed by atoms with van der Waals surface area (Å²) in [5, 5.41) is 4.28. The van der Waals surface area contributed by atoms with E-state index in [4.69, 9.17) is 16.3 Å². The highest BCUT2D eigenvalue weighted by molar-refractivity contribution is 6.31. The molecule has 0 spiro atoms. The third kappa shape index (κ3) is 4.01. The number of aromatic amines is 1. The number of anilines is 1. The van der Waals surface area contributed by atoms with Crippen molar-refractivity contribution in [2.24, 2.45) is 0 Å². The smallest absolute Gasteiger partial charge is 0.355 e. The van der Waals surface area contributed by atoms with Gasteiger partial charge in [-0.3, -0.25) is 9.59 Å². The summed E-state index contributed by atoms with van der Waals surface area (Å²) in [5.41, 5.74) is 0.836. The minimum Gasteiger partial charge on any atom is -0.448 e. The summed E-state index contributed by atoms with van der Waals surface area (Å²) in [6.45, 7) is 3.22. The van der Waals surface area contributed by atoms with Crippen LogP contribution in [0.1, 0.15) is 23.0 Å². The Balaban J connectivity index is 1.74. The third-order valence-electron chi connectivity index (χ3n) is 4.15. The number of pyridine rings is 1. The van der Waals surface area contributed by atoms with Gasteiger partial charge in [0.05, 0.1) is 0 Å². The SMILES string of the molecule is Cc1c(Cl)cccc1NC(=O)[C@@H](C)OC(=O)c1cc2ccccc2c(=O)[nH]1. The van der Waals surface area contributed by atoms with Crippen molar-refractivity contribution in [3.8, 4) is 0 Å². The minimum atomic E-state index is -1.06. The van der Waals surface area contributed by atoms with Gasteiger partial charge in [0.15, 0.2) is 6.10 Å². The lowest BCUT2D eigenvalue weighted by atomic mass is 10.1. The lowest BCUT2D eigenvalue weighted by Gasteiger charge is -2.15. The molecule has 1 aromatic heterocycles. The summed E-state index contributed by atoms with van der Waals surface area (Å²) in [6, 6.07) is 13.5. The third-order valence-corrected chi connectivity index (χ3v) is 4.56. The number of ether oxygens (including phenoxy) is 1. The van der Waals surface area contributed by atoms with E-state index in [2.05, 4.69) is 10.3 Å². The van der Waals surface area contributed by atoms with Gasteiger partial charge in [0.25, 0.3) is 11.5 Å². The van der Waals surface area contributed by atoms with E-state index in [1.807, 2.05) is 0 Å². The molecule has 0 saturated carbocycles. The Morgan fingerprint density at radius 2 is 1.89 bits per heavy atom. The van der Waals surface area contributed by atoms with Crippen LogP contribution in [-0.4, -0.2) is 23.0 Å². The molecular formula is C20H17ClN2O4. The van der Waals surface area contributed by atoms with Crippen molar-refractivity contribution < 1.29 is 14.3 Å². The van der Waals surface area contributed by atoms with Crippen molar-refractivity contribution in [1.82, 2.24) is 4.98 Å². The van der Waals surface area contributed by atoms with Crippen molar-refractivity contribution in [2.75, 3.05) is 5.32 Å². The number of halogens is 1. The quantitative estimate of drug-likeness (QED) is 0.672. The van der Waals surface area contributed by atoms with E-state index < -0.39 is 23.5 Å². The lowest BCUT2D eigenvalue weighted by molar-refractivity contribution is -0.123. The van der Waals surface area contributed by atoms with Crippen molar-refractivity contribution in [1.29, 1.82) is 0 Å². The summed E-state index contributed by atoms with van der Waals surface area (Å²) in [4.78, 5) is 39.2. The summed E-state index contributed by atoms with van der Waals surface area (Å²) in [6.07, 6.45) is -1.06. The predicted molar refractivity (Wildman–Crippen MR) is 104 cm³/mol. The Hall–Kier alpha value is -3.12. The van der Waals surface area contributed by atoms with Crippen LogP contribution in [0.2, 0.25) is 5.02 Å². The molecule has 1 amide bonds. The van der Waals surface area contributed by atoms with Gasteiger partial charge in [0.1, 0.15) is 5.69 Å². The second kappa shape index (κ2) is 7.63. The first-order chi connectivity index (χ1) is 12.9. The Kier molecular flexibility index (Phi) is 5.28. The van der Waals surface area contributed by atoms with Crippen LogP contribution in [-0.2, 0) is 9.53 Å². The first-order valence-electron chi connectivity index (χ1n) is 8.26. The molecule has 0 radical (unpaired) electrons. The van der Waals surface area contributed by atoms with Gasteiger partial charge in [-0.1, -0.05) is 35.9 Å². The van der Waals surface area contributed by atoms with E-state index >= 15 is 0 Å². The van der Waals surface area contributed by atoms with Crippen LogP contribution < -0.4 is 10.9 Å². The number of rotatable bonds is 4. The van der Waals surface area contributed by atoms with Gasteiger partial charge >= 0.3 is 5.97 Å². The first-order valence-corrected chi connectivity index (χ1v) is 8.63. The lowest BCUT2D eigenvalue weighted by Crippen LogP contribution is -2.31. The van der Waals surface area contributed by atoms with E-state index in [1.165, 1.54) is 13.0 Å². The number of nitrogens with one attached hydrogen (secondary N) is 2. The van der Waals surface area contributed by atoms with E-state index in [0.717, 1.165) is 0 Å². The zero-order chi connectivity index (χ0) is 19.6. The number of hydrogen-bond acceptors (Lipinski definition) is 4. The van der Waals surface area contributed by atoms with Gasteiger partial charge in [-0.2, -0.15) is 0 Å². The van der Waals surface area contributed by atoms with E-state index in [-0.39, 0.29) is 5.69 Å². The number of amides is 1. The van der Waals surface area contributed by atoms with Crippen LogP contribution in [0, 0.1) is 6.92 Å².